The second kappa shape index (κ2) is 4.69. The number of rotatable bonds is 0. The maximum atomic E-state index is 12.5. The van der Waals surface area contributed by atoms with Gasteiger partial charge in [-0.1, -0.05) is 32.4 Å². The molecule has 1 N–H and O–H groups in total. The van der Waals surface area contributed by atoms with Crippen LogP contribution in [0.3, 0.4) is 0 Å². The zero-order valence-electron chi connectivity index (χ0n) is 14.3. The molecular formula is C20H30O2. The number of allylic oxidation sites excluding steroid dienone is 1. The fourth-order valence-corrected chi connectivity index (χ4v) is 6.77. The molecule has 0 aromatic carbocycles. The number of aliphatic hydroxyl groups is 1. The number of aliphatic hydroxyl groups excluding tert-OH is 1. The molecule has 3 fully saturated rings. The third kappa shape index (κ3) is 1.79. The average Bonchev–Trinajstić information content (AvgIpc) is 2.77. The number of Topliss-reactive ketones (excluding diaryl/α,β-unsaturated/α-hetero) is 1. The van der Waals surface area contributed by atoms with Crippen LogP contribution in [0.5, 0.6) is 0 Å². The molecule has 7 atom stereocenters. The fourth-order valence-electron chi connectivity index (χ4n) is 6.77. The van der Waals surface area contributed by atoms with Crippen molar-refractivity contribution in [2.24, 2.45) is 34.5 Å². The first-order valence-corrected chi connectivity index (χ1v) is 9.29. The Morgan fingerprint density at radius 2 is 1.77 bits per heavy atom. The largest absolute Gasteiger partial charge is 0.393 e. The highest BCUT2D eigenvalue weighted by Crippen LogP contribution is 2.65. The molecule has 0 amide bonds. The fraction of sp³-hybridized carbons (Fsp3) is 0.850. The molecule has 2 heteroatoms. The van der Waals surface area contributed by atoms with E-state index in [0.717, 1.165) is 44.4 Å². The summed E-state index contributed by atoms with van der Waals surface area (Å²) in [5.41, 5.74) is 1.77. The van der Waals surface area contributed by atoms with Crippen molar-refractivity contribution >= 4 is 5.78 Å². The van der Waals surface area contributed by atoms with Gasteiger partial charge in [-0.15, -0.1) is 0 Å². The third-order valence-corrected chi connectivity index (χ3v) is 8.12. The molecule has 2 nitrogen and oxygen atoms in total. The Bertz CT molecular complexity index is 536. The molecule has 0 spiro atoms. The zero-order valence-corrected chi connectivity index (χ0v) is 14.3. The Hall–Kier alpha value is -0.630. The van der Waals surface area contributed by atoms with Gasteiger partial charge in [0.15, 0.2) is 0 Å². The number of carbonyl (C=O) groups is 1. The van der Waals surface area contributed by atoms with Crippen LogP contribution < -0.4 is 0 Å². The predicted molar refractivity (Wildman–Crippen MR) is 87.3 cm³/mol. The van der Waals surface area contributed by atoms with Crippen LogP contribution in [-0.4, -0.2) is 17.0 Å². The van der Waals surface area contributed by atoms with Crippen molar-refractivity contribution in [3.63, 3.8) is 0 Å². The van der Waals surface area contributed by atoms with Gasteiger partial charge < -0.3 is 5.11 Å². The Kier molecular flexibility index (Phi) is 3.18. The van der Waals surface area contributed by atoms with E-state index in [1.807, 2.05) is 0 Å². The van der Waals surface area contributed by atoms with Crippen molar-refractivity contribution in [1.82, 2.24) is 0 Å². The Morgan fingerprint density at radius 3 is 2.55 bits per heavy atom. The SMILES string of the molecule is CC1C=C2C[C@@H](O)CC[C@]2(C)C2CC[C@]3(C)C(=O)CCC3C12. The number of ketones is 1. The van der Waals surface area contributed by atoms with Crippen molar-refractivity contribution in [2.75, 3.05) is 0 Å². The summed E-state index contributed by atoms with van der Waals surface area (Å²) in [6.07, 6.45) is 9.53. The van der Waals surface area contributed by atoms with Gasteiger partial charge in [0.2, 0.25) is 0 Å². The first-order chi connectivity index (χ1) is 10.4. The van der Waals surface area contributed by atoms with E-state index >= 15 is 0 Å². The molecule has 4 unspecified atom stereocenters. The molecule has 122 valence electrons. The molecule has 4 rings (SSSR count). The van der Waals surface area contributed by atoms with E-state index in [9.17, 15) is 9.90 Å². The third-order valence-electron chi connectivity index (χ3n) is 8.12. The van der Waals surface area contributed by atoms with Gasteiger partial charge >= 0.3 is 0 Å². The Morgan fingerprint density at radius 1 is 1.09 bits per heavy atom. The van der Waals surface area contributed by atoms with E-state index < -0.39 is 0 Å². The van der Waals surface area contributed by atoms with Crippen molar-refractivity contribution in [3.05, 3.63) is 11.6 Å². The highest BCUT2D eigenvalue weighted by atomic mass is 16.3. The lowest BCUT2D eigenvalue weighted by molar-refractivity contribution is -0.133. The average molecular weight is 302 g/mol. The van der Waals surface area contributed by atoms with Crippen LogP contribution in [0.1, 0.15) is 65.7 Å². The van der Waals surface area contributed by atoms with Crippen molar-refractivity contribution in [1.29, 1.82) is 0 Å². The monoisotopic (exact) mass is 302 g/mol. The minimum atomic E-state index is -0.134. The Balaban J connectivity index is 1.75. The summed E-state index contributed by atoms with van der Waals surface area (Å²) in [4.78, 5) is 12.5. The molecule has 0 aromatic heterocycles. The van der Waals surface area contributed by atoms with Crippen LogP contribution >= 0.6 is 0 Å². The first kappa shape index (κ1) is 14.9. The van der Waals surface area contributed by atoms with Crippen LogP contribution in [-0.2, 0) is 4.79 Å². The molecule has 4 aliphatic rings. The first-order valence-electron chi connectivity index (χ1n) is 9.29. The van der Waals surface area contributed by atoms with Crippen LogP contribution in [0.4, 0.5) is 0 Å². The highest BCUT2D eigenvalue weighted by molar-refractivity contribution is 5.87. The smallest absolute Gasteiger partial charge is 0.139 e. The van der Waals surface area contributed by atoms with E-state index in [1.165, 1.54) is 12.0 Å². The Labute approximate surface area is 134 Å². The van der Waals surface area contributed by atoms with E-state index in [4.69, 9.17) is 0 Å². The van der Waals surface area contributed by atoms with Gasteiger partial charge in [-0.3, -0.25) is 4.79 Å². The van der Waals surface area contributed by atoms with Crippen LogP contribution in [0.25, 0.3) is 0 Å². The molecule has 0 bridgehead atoms. The van der Waals surface area contributed by atoms with Gasteiger partial charge in [-0.25, -0.2) is 0 Å². The number of hydrogen-bond donors (Lipinski definition) is 1. The molecular weight excluding hydrogens is 272 g/mol. The lowest BCUT2D eigenvalue weighted by Gasteiger charge is -2.58. The molecule has 0 aliphatic heterocycles. The topological polar surface area (TPSA) is 37.3 Å². The molecule has 0 aromatic rings. The van der Waals surface area contributed by atoms with Crippen molar-refractivity contribution in [3.8, 4) is 0 Å². The lowest BCUT2D eigenvalue weighted by Crippen LogP contribution is -2.52. The highest BCUT2D eigenvalue weighted by Gasteiger charge is 2.59. The zero-order chi connectivity index (χ0) is 15.7. The quantitative estimate of drug-likeness (QED) is 0.683. The minimum absolute atomic E-state index is 0.0364. The van der Waals surface area contributed by atoms with Gasteiger partial charge in [0.05, 0.1) is 6.10 Å². The normalized spacial score (nSPS) is 54.3. The molecule has 3 saturated carbocycles. The number of carbonyl (C=O) groups excluding carboxylic acids is 1. The number of fused-ring (bicyclic) bond motifs is 5. The van der Waals surface area contributed by atoms with E-state index in [1.54, 1.807) is 0 Å². The second-order valence-corrected chi connectivity index (χ2v) is 9.07. The summed E-state index contributed by atoms with van der Waals surface area (Å²) in [5.74, 6) is 3.08. The van der Waals surface area contributed by atoms with E-state index in [0.29, 0.717) is 23.5 Å². The van der Waals surface area contributed by atoms with Crippen LogP contribution in [0, 0.1) is 34.5 Å². The lowest BCUT2D eigenvalue weighted by atomic mass is 9.46. The van der Waals surface area contributed by atoms with Gasteiger partial charge in [-0.05, 0) is 67.6 Å². The van der Waals surface area contributed by atoms with Crippen molar-refractivity contribution < 1.29 is 9.90 Å². The van der Waals surface area contributed by atoms with Gasteiger partial charge in [0, 0.05) is 11.8 Å². The second-order valence-electron chi connectivity index (χ2n) is 9.07. The number of hydrogen-bond acceptors (Lipinski definition) is 2. The summed E-state index contributed by atoms with van der Waals surface area (Å²) >= 11 is 0. The van der Waals surface area contributed by atoms with E-state index in [-0.39, 0.29) is 16.9 Å². The standard InChI is InChI=1S/C20H30O2/c1-12-10-13-11-14(21)6-8-19(13,2)16-7-9-20(3)15(18(12)16)4-5-17(20)22/h10,12,14-16,18,21H,4-9,11H2,1-3H3/t12?,14-,15?,16?,18?,19-,20-/m0/s1. The van der Waals surface area contributed by atoms with Crippen LogP contribution in [0.15, 0.2) is 11.6 Å². The maximum absolute atomic E-state index is 12.5. The molecule has 0 heterocycles. The van der Waals surface area contributed by atoms with Gasteiger partial charge in [0.25, 0.3) is 0 Å². The molecule has 0 radical (unpaired) electrons. The molecule has 22 heavy (non-hydrogen) atoms. The predicted octanol–water partition coefficient (Wildman–Crippen LogP) is 4.13. The molecule has 4 aliphatic carbocycles. The summed E-state index contributed by atoms with van der Waals surface area (Å²) in [5, 5.41) is 10.1. The maximum Gasteiger partial charge on any atom is 0.139 e. The summed E-state index contributed by atoms with van der Waals surface area (Å²) in [6, 6.07) is 0. The molecule has 0 saturated heterocycles. The van der Waals surface area contributed by atoms with Crippen LogP contribution in [0.2, 0.25) is 0 Å². The van der Waals surface area contributed by atoms with E-state index in [2.05, 4.69) is 26.8 Å². The summed E-state index contributed by atoms with van der Waals surface area (Å²) in [7, 11) is 0. The summed E-state index contributed by atoms with van der Waals surface area (Å²) in [6.45, 7) is 7.07. The van der Waals surface area contributed by atoms with Gasteiger partial charge in [-0.2, -0.15) is 0 Å². The van der Waals surface area contributed by atoms with Gasteiger partial charge in [0.1, 0.15) is 5.78 Å². The minimum Gasteiger partial charge on any atom is -0.393 e. The van der Waals surface area contributed by atoms with Crippen molar-refractivity contribution in [2.45, 2.75) is 71.8 Å². The summed E-state index contributed by atoms with van der Waals surface area (Å²) < 4.78 is 0.